The fourth-order valence-corrected chi connectivity index (χ4v) is 1.24. The SMILES string of the molecule is O=C(O)CCC(=O)Cc1ccc(O)c(O)c1. The topological polar surface area (TPSA) is 94.8 Å². The fourth-order valence-electron chi connectivity index (χ4n) is 1.24. The van der Waals surface area contributed by atoms with Crippen molar-refractivity contribution in [1.82, 2.24) is 0 Å². The second-order valence-electron chi connectivity index (χ2n) is 3.43. The standard InChI is InChI=1S/C11H12O5/c12-8(2-4-11(15)16)5-7-1-3-9(13)10(14)6-7/h1,3,6,13-14H,2,4-5H2,(H,15,16). The van der Waals surface area contributed by atoms with E-state index in [-0.39, 0.29) is 36.5 Å². The lowest BCUT2D eigenvalue weighted by Crippen LogP contribution is -2.06. The van der Waals surface area contributed by atoms with Crippen molar-refractivity contribution in [2.45, 2.75) is 19.3 Å². The Kier molecular flexibility index (Phi) is 3.88. The second kappa shape index (κ2) is 5.16. The number of phenols is 2. The molecule has 16 heavy (non-hydrogen) atoms. The zero-order valence-corrected chi connectivity index (χ0v) is 8.51. The van der Waals surface area contributed by atoms with Crippen molar-refractivity contribution in [1.29, 1.82) is 0 Å². The smallest absolute Gasteiger partial charge is 0.303 e. The van der Waals surface area contributed by atoms with Gasteiger partial charge in [0, 0.05) is 12.8 Å². The Balaban J connectivity index is 2.56. The van der Waals surface area contributed by atoms with E-state index < -0.39 is 5.97 Å². The number of aromatic hydroxyl groups is 2. The van der Waals surface area contributed by atoms with Gasteiger partial charge < -0.3 is 15.3 Å². The van der Waals surface area contributed by atoms with E-state index in [2.05, 4.69) is 0 Å². The Labute approximate surface area is 92.0 Å². The largest absolute Gasteiger partial charge is 0.504 e. The van der Waals surface area contributed by atoms with E-state index in [1.54, 1.807) is 0 Å². The van der Waals surface area contributed by atoms with Crippen LogP contribution in [0.5, 0.6) is 11.5 Å². The van der Waals surface area contributed by atoms with Gasteiger partial charge in [-0.3, -0.25) is 9.59 Å². The molecule has 0 unspecified atom stereocenters. The molecule has 0 aliphatic rings. The lowest BCUT2D eigenvalue weighted by Gasteiger charge is -2.02. The van der Waals surface area contributed by atoms with E-state index in [1.165, 1.54) is 18.2 Å². The van der Waals surface area contributed by atoms with Crippen molar-refractivity contribution < 1.29 is 24.9 Å². The Morgan fingerprint density at radius 2 is 1.75 bits per heavy atom. The summed E-state index contributed by atoms with van der Waals surface area (Å²) in [7, 11) is 0. The zero-order chi connectivity index (χ0) is 12.1. The van der Waals surface area contributed by atoms with Crippen LogP contribution in [0.3, 0.4) is 0 Å². The van der Waals surface area contributed by atoms with Gasteiger partial charge in [-0.15, -0.1) is 0 Å². The molecule has 3 N–H and O–H groups in total. The summed E-state index contributed by atoms with van der Waals surface area (Å²) < 4.78 is 0. The molecule has 1 aromatic rings. The Bertz CT molecular complexity index is 411. The van der Waals surface area contributed by atoms with Crippen molar-refractivity contribution >= 4 is 11.8 Å². The van der Waals surface area contributed by atoms with Crippen LogP contribution >= 0.6 is 0 Å². The highest BCUT2D eigenvalue weighted by Crippen LogP contribution is 2.25. The molecule has 0 bridgehead atoms. The van der Waals surface area contributed by atoms with Gasteiger partial charge in [0.2, 0.25) is 0 Å². The molecule has 0 aliphatic heterocycles. The van der Waals surface area contributed by atoms with Gasteiger partial charge in [0.1, 0.15) is 5.78 Å². The molecule has 0 spiro atoms. The van der Waals surface area contributed by atoms with Gasteiger partial charge in [0.05, 0.1) is 6.42 Å². The summed E-state index contributed by atoms with van der Waals surface area (Å²) in [5, 5.41) is 26.6. The number of phenolic OH excluding ortho intramolecular Hbond substituents is 2. The molecule has 0 saturated heterocycles. The summed E-state index contributed by atoms with van der Waals surface area (Å²) in [4.78, 5) is 21.5. The average Bonchev–Trinajstić information content (AvgIpc) is 2.21. The van der Waals surface area contributed by atoms with Crippen LogP contribution in [0.1, 0.15) is 18.4 Å². The third kappa shape index (κ3) is 3.61. The number of Topliss-reactive ketones (excluding diaryl/α,β-unsaturated/α-hetero) is 1. The summed E-state index contributed by atoms with van der Waals surface area (Å²) in [6.07, 6.45) is -0.166. The predicted octanol–water partition coefficient (Wildman–Crippen LogP) is 1.07. The number of hydrogen-bond acceptors (Lipinski definition) is 4. The van der Waals surface area contributed by atoms with Gasteiger partial charge in [-0.1, -0.05) is 6.07 Å². The van der Waals surface area contributed by atoms with Gasteiger partial charge in [-0.2, -0.15) is 0 Å². The average molecular weight is 224 g/mol. The van der Waals surface area contributed by atoms with Crippen LogP contribution < -0.4 is 0 Å². The molecule has 0 aromatic heterocycles. The van der Waals surface area contributed by atoms with E-state index in [0.717, 1.165) is 0 Å². The maximum atomic E-state index is 11.3. The first-order valence-electron chi connectivity index (χ1n) is 4.73. The number of aliphatic carboxylic acids is 1. The van der Waals surface area contributed by atoms with E-state index in [0.29, 0.717) is 5.56 Å². The lowest BCUT2D eigenvalue weighted by molar-refractivity contribution is -0.138. The summed E-state index contributed by atoms with van der Waals surface area (Å²) in [5.74, 6) is -1.76. The van der Waals surface area contributed by atoms with E-state index in [9.17, 15) is 14.7 Å². The van der Waals surface area contributed by atoms with Crippen LogP contribution in [0.25, 0.3) is 0 Å². The Hall–Kier alpha value is -2.04. The number of rotatable bonds is 5. The molecule has 0 radical (unpaired) electrons. The second-order valence-corrected chi connectivity index (χ2v) is 3.43. The third-order valence-electron chi connectivity index (χ3n) is 2.06. The molecular weight excluding hydrogens is 212 g/mol. The highest BCUT2D eigenvalue weighted by molar-refractivity contribution is 5.84. The van der Waals surface area contributed by atoms with Gasteiger partial charge in [0.15, 0.2) is 11.5 Å². The van der Waals surface area contributed by atoms with Crippen molar-refractivity contribution in [2.75, 3.05) is 0 Å². The molecule has 5 nitrogen and oxygen atoms in total. The number of carbonyl (C=O) groups is 2. The molecule has 0 saturated carbocycles. The van der Waals surface area contributed by atoms with E-state index in [1.807, 2.05) is 0 Å². The minimum absolute atomic E-state index is 0.0308. The quantitative estimate of drug-likeness (QED) is 0.650. The van der Waals surface area contributed by atoms with Crippen molar-refractivity contribution in [3.05, 3.63) is 23.8 Å². The Morgan fingerprint density at radius 1 is 1.06 bits per heavy atom. The minimum Gasteiger partial charge on any atom is -0.504 e. The zero-order valence-electron chi connectivity index (χ0n) is 8.51. The van der Waals surface area contributed by atoms with Gasteiger partial charge >= 0.3 is 5.97 Å². The summed E-state index contributed by atoms with van der Waals surface area (Å²) in [6, 6.07) is 4.08. The monoisotopic (exact) mass is 224 g/mol. The summed E-state index contributed by atoms with van der Waals surface area (Å²) in [6.45, 7) is 0. The molecule has 0 atom stereocenters. The predicted molar refractivity (Wildman–Crippen MR) is 55.4 cm³/mol. The molecule has 0 amide bonds. The molecule has 0 aliphatic carbocycles. The first-order chi connectivity index (χ1) is 7.49. The number of carboxylic acid groups (broad SMARTS) is 1. The van der Waals surface area contributed by atoms with Gasteiger partial charge in [0.25, 0.3) is 0 Å². The number of carbonyl (C=O) groups excluding carboxylic acids is 1. The molecular formula is C11H12O5. The van der Waals surface area contributed by atoms with Crippen LogP contribution in [0.4, 0.5) is 0 Å². The molecule has 1 aromatic carbocycles. The van der Waals surface area contributed by atoms with Crippen molar-refractivity contribution in [3.63, 3.8) is 0 Å². The highest BCUT2D eigenvalue weighted by atomic mass is 16.4. The number of hydrogen-bond donors (Lipinski definition) is 3. The van der Waals surface area contributed by atoms with E-state index >= 15 is 0 Å². The molecule has 0 heterocycles. The normalized spacial score (nSPS) is 10.0. The molecule has 86 valence electrons. The van der Waals surface area contributed by atoms with Gasteiger partial charge in [-0.25, -0.2) is 0 Å². The maximum absolute atomic E-state index is 11.3. The number of carboxylic acids is 1. The minimum atomic E-state index is -1.01. The third-order valence-corrected chi connectivity index (χ3v) is 2.06. The van der Waals surface area contributed by atoms with Crippen LogP contribution in [0.2, 0.25) is 0 Å². The van der Waals surface area contributed by atoms with Crippen molar-refractivity contribution in [2.24, 2.45) is 0 Å². The summed E-state index contributed by atoms with van der Waals surface area (Å²) >= 11 is 0. The summed E-state index contributed by atoms with van der Waals surface area (Å²) in [5.41, 5.74) is 0.547. The molecule has 5 heteroatoms. The van der Waals surface area contributed by atoms with E-state index in [4.69, 9.17) is 10.2 Å². The molecule has 1 rings (SSSR count). The first-order valence-corrected chi connectivity index (χ1v) is 4.73. The lowest BCUT2D eigenvalue weighted by atomic mass is 10.1. The number of benzene rings is 1. The van der Waals surface area contributed by atoms with Crippen LogP contribution in [0.15, 0.2) is 18.2 Å². The van der Waals surface area contributed by atoms with Gasteiger partial charge in [-0.05, 0) is 17.7 Å². The fraction of sp³-hybridized carbons (Fsp3) is 0.273. The first kappa shape index (κ1) is 12.0. The Morgan fingerprint density at radius 3 is 2.31 bits per heavy atom. The highest BCUT2D eigenvalue weighted by Gasteiger charge is 2.08. The maximum Gasteiger partial charge on any atom is 0.303 e. The van der Waals surface area contributed by atoms with Crippen LogP contribution in [-0.2, 0) is 16.0 Å². The van der Waals surface area contributed by atoms with Crippen molar-refractivity contribution in [3.8, 4) is 11.5 Å². The number of ketones is 1. The van der Waals surface area contributed by atoms with Crippen LogP contribution in [-0.4, -0.2) is 27.1 Å². The van der Waals surface area contributed by atoms with Crippen LogP contribution in [0, 0.1) is 0 Å². The molecule has 0 fully saturated rings.